The van der Waals surface area contributed by atoms with Crippen LogP contribution in [-0.4, -0.2) is 51.6 Å². The van der Waals surface area contributed by atoms with Crippen LogP contribution in [0.1, 0.15) is 43.0 Å². The van der Waals surface area contributed by atoms with Gasteiger partial charge in [-0.05, 0) is 37.7 Å². The number of aliphatic carboxylic acids is 1. The van der Waals surface area contributed by atoms with Gasteiger partial charge in [0.2, 0.25) is 0 Å². The van der Waals surface area contributed by atoms with Crippen LogP contribution >= 0.6 is 0 Å². The molecule has 1 saturated carbocycles. The molecule has 7 nitrogen and oxygen atoms in total. The molecule has 124 valence electrons. The molecule has 2 fully saturated rings. The molecule has 1 aliphatic carbocycles. The third kappa shape index (κ3) is 4.18. The maximum absolute atomic E-state index is 12.1. The number of carbonyl (C=O) groups is 2. The number of piperidine rings is 1. The Balaban J connectivity index is 1.42. The van der Waals surface area contributed by atoms with Crippen LogP contribution in [0.5, 0.6) is 0 Å². The number of amides is 2. The Morgan fingerprint density at radius 1 is 1.26 bits per heavy atom. The zero-order valence-electron chi connectivity index (χ0n) is 13.1. The number of nitrogens with zero attached hydrogens (tertiary/aromatic N) is 3. The van der Waals surface area contributed by atoms with Gasteiger partial charge in [0, 0.05) is 37.9 Å². The van der Waals surface area contributed by atoms with Crippen LogP contribution in [-0.2, 0) is 11.2 Å². The van der Waals surface area contributed by atoms with Crippen molar-refractivity contribution < 1.29 is 14.7 Å². The summed E-state index contributed by atoms with van der Waals surface area (Å²) in [4.78, 5) is 33.4. The van der Waals surface area contributed by atoms with Crippen molar-refractivity contribution in [1.29, 1.82) is 0 Å². The van der Waals surface area contributed by atoms with Gasteiger partial charge < -0.3 is 15.3 Å². The molecule has 2 aliphatic rings. The SMILES string of the molecule is O=C(O)C1CCCN(C(=O)NCCc2cnc(C3CC3)nc2)C1. The summed E-state index contributed by atoms with van der Waals surface area (Å²) in [6.07, 6.45) is 8.07. The van der Waals surface area contributed by atoms with Crippen molar-refractivity contribution in [1.82, 2.24) is 20.2 Å². The van der Waals surface area contributed by atoms with Gasteiger partial charge in [0.25, 0.3) is 0 Å². The van der Waals surface area contributed by atoms with Gasteiger partial charge in [0.1, 0.15) is 5.82 Å². The van der Waals surface area contributed by atoms with Crippen LogP contribution in [0.3, 0.4) is 0 Å². The van der Waals surface area contributed by atoms with Crippen LogP contribution in [0.25, 0.3) is 0 Å². The molecular weight excluding hydrogens is 296 g/mol. The van der Waals surface area contributed by atoms with E-state index in [0.29, 0.717) is 38.4 Å². The summed E-state index contributed by atoms with van der Waals surface area (Å²) in [5.74, 6) is 0.198. The maximum Gasteiger partial charge on any atom is 0.317 e. The van der Waals surface area contributed by atoms with Crippen molar-refractivity contribution in [3.8, 4) is 0 Å². The van der Waals surface area contributed by atoms with Crippen LogP contribution in [0.2, 0.25) is 0 Å². The Morgan fingerprint density at radius 2 is 2.00 bits per heavy atom. The number of likely N-dealkylation sites (tertiary alicyclic amines) is 1. The van der Waals surface area contributed by atoms with Gasteiger partial charge in [-0.1, -0.05) is 0 Å². The van der Waals surface area contributed by atoms with Crippen molar-refractivity contribution >= 4 is 12.0 Å². The molecule has 2 N–H and O–H groups in total. The molecule has 23 heavy (non-hydrogen) atoms. The van der Waals surface area contributed by atoms with E-state index < -0.39 is 11.9 Å². The standard InChI is InChI=1S/C16H22N4O3/c21-15(22)13-2-1-7-20(10-13)16(23)17-6-5-11-8-18-14(19-9-11)12-3-4-12/h8-9,12-13H,1-7,10H2,(H,17,23)(H,21,22). The third-order valence-corrected chi connectivity index (χ3v) is 4.42. The molecule has 7 heteroatoms. The summed E-state index contributed by atoms with van der Waals surface area (Å²) in [5, 5.41) is 11.9. The molecule has 2 heterocycles. The maximum atomic E-state index is 12.1. The van der Waals surface area contributed by atoms with E-state index in [9.17, 15) is 9.59 Å². The lowest BCUT2D eigenvalue weighted by atomic mass is 9.99. The van der Waals surface area contributed by atoms with E-state index in [0.717, 1.165) is 17.8 Å². The number of hydrogen-bond donors (Lipinski definition) is 2. The first-order valence-electron chi connectivity index (χ1n) is 8.20. The van der Waals surface area contributed by atoms with Crippen molar-refractivity contribution in [3.05, 3.63) is 23.8 Å². The van der Waals surface area contributed by atoms with E-state index in [1.165, 1.54) is 12.8 Å². The van der Waals surface area contributed by atoms with E-state index in [1.807, 2.05) is 12.4 Å². The number of aromatic nitrogens is 2. The Hall–Kier alpha value is -2.18. The number of carboxylic acid groups (broad SMARTS) is 1. The second-order valence-corrected chi connectivity index (χ2v) is 6.33. The average Bonchev–Trinajstić information content (AvgIpc) is 3.40. The van der Waals surface area contributed by atoms with Gasteiger partial charge in [0.05, 0.1) is 5.92 Å². The molecule has 2 amide bonds. The molecular formula is C16H22N4O3. The highest BCUT2D eigenvalue weighted by atomic mass is 16.4. The fraction of sp³-hybridized carbons (Fsp3) is 0.625. The lowest BCUT2D eigenvalue weighted by molar-refractivity contribution is -0.143. The minimum absolute atomic E-state index is 0.188. The first-order chi connectivity index (χ1) is 11.1. The minimum atomic E-state index is -0.824. The van der Waals surface area contributed by atoms with Gasteiger partial charge in [0.15, 0.2) is 0 Å². The van der Waals surface area contributed by atoms with Gasteiger partial charge in [-0.25, -0.2) is 14.8 Å². The number of rotatable bonds is 5. The number of hydrogen-bond acceptors (Lipinski definition) is 4. The first kappa shape index (κ1) is 15.7. The predicted molar refractivity (Wildman–Crippen MR) is 83.0 cm³/mol. The third-order valence-electron chi connectivity index (χ3n) is 4.42. The van der Waals surface area contributed by atoms with E-state index in [1.54, 1.807) is 4.90 Å². The normalized spacial score (nSPS) is 21.0. The fourth-order valence-corrected chi connectivity index (χ4v) is 2.83. The molecule has 1 saturated heterocycles. The molecule has 1 atom stereocenters. The zero-order chi connectivity index (χ0) is 16.2. The lowest BCUT2D eigenvalue weighted by Crippen LogP contribution is -2.47. The van der Waals surface area contributed by atoms with Crippen LogP contribution in [0, 0.1) is 5.92 Å². The number of nitrogens with one attached hydrogen (secondary N) is 1. The summed E-state index contributed by atoms with van der Waals surface area (Å²) in [5.41, 5.74) is 0.997. The molecule has 1 aromatic rings. The van der Waals surface area contributed by atoms with E-state index >= 15 is 0 Å². The Morgan fingerprint density at radius 3 is 2.65 bits per heavy atom. The predicted octanol–water partition coefficient (Wildman–Crippen LogP) is 1.40. The first-order valence-corrected chi connectivity index (χ1v) is 8.20. The second-order valence-electron chi connectivity index (χ2n) is 6.33. The summed E-state index contributed by atoms with van der Waals surface area (Å²) in [6.45, 7) is 1.41. The van der Waals surface area contributed by atoms with Crippen molar-refractivity contribution in [3.63, 3.8) is 0 Å². The van der Waals surface area contributed by atoms with Crippen LogP contribution in [0.4, 0.5) is 4.79 Å². The summed E-state index contributed by atoms with van der Waals surface area (Å²) in [6, 6.07) is -0.188. The summed E-state index contributed by atoms with van der Waals surface area (Å²) in [7, 11) is 0. The van der Waals surface area contributed by atoms with Gasteiger partial charge in [-0.2, -0.15) is 0 Å². The van der Waals surface area contributed by atoms with Gasteiger partial charge >= 0.3 is 12.0 Å². The molecule has 1 aromatic heterocycles. The Labute approximate surface area is 135 Å². The van der Waals surface area contributed by atoms with Crippen molar-refractivity contribution in [2.24, 2.45) is 5.92 Å². The highest BCUT2D eigenvalue weighted by Crippen LogP contribution is 2.37. The topological polar surface area (TPSA) is 95.4 Å². The minimum Gasteiger partial charge on any atom is -0.481 e. The van der Waals surface area contributed by atoms with Crippen LogP contribution in [0.15, 0.2) is 12.4 Å². The quantitative estimate of drug-likeness (QED) is 0.855. The summed E-state index contributed by atoms with van der Waals surface area (Å²) >= 11 is 0. The number of urea groups is 1. The van der Waals surface area contributed by atoms with E-state index in [4.69, 9.17) is 5.11 Å². The second kappa shape index (κ2) is 6.93. The van der Waals surface area contributed by atoms with E-state index in [2.05, 4.69) is 15.3 Å². The Bertz CT molecular complexity index is 571. The molecule has 0 radical (unpaired) electrons. The van der Waals surface area contributed by atoms with Crippen LogP contribution < -0.4 is 5.32 Å². The smallest absolute Gasteiger partial charge is 0.317 e. The Kier molecular flexibility index (Phi) is 4.73. The highest BCUT2D eigenvalue weighted by Gasteiger charge is 2.28. The zero-order valence-corrected chi connectivity index (χ0v) is 13.1. The molecule has 1 aliphatic heterocycles. The number of carboxylic acids is 1. The van der Waals surface area contributed by atoms with Crippen molar-refractivity contribution in [2.75, 3.05) is 19.6 Å². The molecule has 0 bridgehead atoms. The van der Waals surface area contributed by atoms with Gasteiger partial charge in [-0.3, -0.25) is 4.79 Å². The monoisotopic (exact) mass is 318 g/mol. The fourth-order valence-electron chi connectivity index (χ4n) is 2.83. The molecule has 0 spiro atoms. The van der Waals surface area contributed by atoms with E-state index in [-0.39, 0.29) is 6.03 Å². The average molecular weight is 318 g/mol. The molecule has 0 aromatic carbocycles. The highest BCUT2D eigenvalue weighted by molar-refractivity contribution is 5.76. The van der Waals surface area contributed by atoms with Gasteiger partial charge in [-0.15, -0.1) is 0 Å². The lowest BCUT2D eigenvalue weighted by Gasteiger charge is -2.30. The summed E-state index contributed by atoms with van der Waals surface area (Å²) < 4.78 is 0. The number of carbonyl (C=O) groups excluding carboxylic acids is 1. The molecule has 1 unspecified atom stereocenters. The molecule has 3 rings (SSSR count). The van der Waals surface area contributed by atoms with Crippen molar-refractivity contribution in [2.45, 2.75) is 38.0 Å². The largest absolute Gasteiger partial charge is 0.481 e.